The summed E-state index contributed by atoms with van der Waals surface area (Å²) >= 11 is 3.95. The highest BCUT2D eigenvalue weighted by Crippen LogP contribution is 2.40. The van der Waals surface area contributed by atoms with Crippen molar-refractivity contribution < 1.29 is 0 Å². The zero-order valence-corrected chi connectivity index (χ0v) is 10.8. The zero-order valence-electron chi connectivity index (χ0n) is 9.16. The van der Waals surface area contributed by atoms with E-state index < -0.39 is 0 Å². The average Bonchev–Trinajstić information content (AvgIpc) is 2.63. The summed E-state index contributed by atoms with van der Waals surface area (Å²) in [6, 6.07) is 0. The standard InChI is InChI=1S/C11H18N2S2/c1-8-9(5-6-12)15-11(13-8)10-4-2-3-7-14-10/h10H,2-7,12H2,1H3. The summed E-state index contributed by atoms with van der Waals surface area (Å²) in [5.74, 6) is 1.30. The fourth-order valence-electron chi connectivity index (χ4n) is 1.89. The fourth-order valence-corrected chi connectivity index (χ4v) is 4.52. The molecule has 1 atom stereocenters. The first kappa shape index (κ1) is 11.4. The van der Waals surface area contributed by atoms with E-state index in [-0.39, 0.29) is 0 Å². The summed E-state index contributed by atoms with van der Waals surface area (Å²) < 4.78 is 0. The fraction of sp³-hybridized carbons (Fsp3) is 0.727. The highest BCUT2D eigenvalue weighted by Gasteiger charge is 2.20. The van der Waals surface area contributed by atoms with Gasteiger partial charge in [-0.15, -0.1) is 11.3 Å². The predicted molar refractivity (Wildman–Crippen MR) is 68.7 cm³/mol. The maximum absolute atomic E-state index is 5.59. The Labute approximate surface area is 99.7 Å². The molecule has 0 spiro atoms. The Morgan fingerprint density at radius 3 is 3.00 bits per heavy atom. The van der Waals surface area contributed by atoms with Crippen LogP contribution in [-0.4, -0.2) is 17.3 Å². The molecule has 84 valence electrons. The van der Waals surface area contributed by atoms with Gasteiger partial charge in [0.25, 0.3) is 0 Å². The van der Waals surface area contributed by atoms with E-state index in [9.17, 15) is 0 Å². The lowest BCUT2D eigenvalue weighted by molar-refractivity contribution is 0.683. The van der Waals surface area contributed by atoms with Crippen molar-refractivity contribution in [2.24, 2.45) is 5.73 Å². The van der Waals surface area contributed by atoms with E-state index in [1.54, 1.807) is 0 Å². The quantitative estimate of drug-likeness (QED) is 0.886. The van der Waals surface area contributed by atoms with Gasteiger partial charge in [-0.2, -0.15) is 11.8 Å². The molecule has 0 amide bonds. The van der Waals surface area contributed by atoms with Gasteiger partial charge in [-0.05, 0) is 38.5 Å². The van der Waals surface area contributed by atoms with Crippen LogP contribution < -0.4 is 5.73 Å². The van der Waals surface area contributed by atoms with Gasteiger partial charge in [0.2, 0.25) is 0 Å². The van der Waals surface area contributed by atoms with Crippen molar-refractivity contribution in [3.05, 3.63) is 15.6 Å². The zero-order chi connectivity index (χ0) is 10.7. The molecule has 1 unspecified atom stereocenters. The molecule has 4 heteroatoms. The highest BCUT2D eigenvalue weighted by molar-refractivity contribution is 7.99. The van der Waals surface area contributed by atoms with Crippen LogP contribution in [0, 0.1) is 6.92 Å². The summed E-state index contributed by atoms with van der Waals surface area (Å²) in [5.41, 5.74) is 6.79. The number of rotatable bonds is 3. The van der Waals surface area contributed by atoms with Crippen LogP contribution >= 0.6 is 23.1 Å². The molecule has 2 rings (SSSR count). The smallest absolute Gasteiger partial charge is 0.106 e. The Bertz CT molecular complexity index is 316. The molecule has 1 aromatic heterocycles. The van der Waals surface area contributed by atoms with Gasteiger partial charge >= 0.3 is 0 Å². The molecule has 2 nitrogen and oxygen atoms in total. The van der Waals surface area contributed by atoms with E-state index >= 15 is 0 Å². The van der Waals surface area contributed by atoms with Gasteiger partial charge in [0, 0.05) is 4.88 Å². The molecular formula is C11H18N2S2. The van der Waals surface area contributed by atoms with Crippen LogP contribution in [0.5, 0.6) is 0 Å². The van der Waals surface area contributed by atoms with Crippen LogP contribution in [0.2, 0.25) is 0 Å². The minimum atomic E-state index is 0.661. The molecule has 0 bridgehead atoms. The van der Waals surface area contributed by atoms with Gasteiger partial charge in [0.15, 0.2) is 0 Å². The number of hydrogen-bond acceptors (Lipinski definition) is 4. The van der Waals surface area contributed by atoms with E-state index in [1.807, 2.05) is 11.3 Å². The van der Waals surface area contributed by atoms with Crippen LogP contribution in [0.25, 0.3) is 0 Å². The molecule has 0 aromatic carbocycles. The summed E-state index contributed by atoms with van der Waals surface area (Å²) in [4.78, 5) is 6.08. The molecule has 1 aliphatic rings. The largest absolute Gasteiger partial charge is 0.330 e. The maximum atomic E-state index is 5.59. The van der Waals surface area contributed by atoms with Crippen molar-refractivity contribution in [1.29, 1.82) is 0 Å². The van der Waals surface area contributed by atoms with E-state index in [2.05, 4.69) is 18.7 Å². The van der Waals surface area contributed by atoms with Gasteiger partial charge in [-0.25, -0.2) is 4.98 Å². The van der Waals surface area contributed by atoms with Crippen LogP contribution in [0.4, 0.5) is 0 Å². The summed E-state index contributed by atoms with van der Waals surface area (Å²) in [6.07, 6.45) is 5.03. The molecule has 0 saturated carbocycles. The van der Waals surface area contributed by atoms with Crippen molar-refractivity contribution >= 4 is 23.1 Å². The van der Waals surface area contributed by atoms with E-state index in [0.29, 0.717) is 5.25 Å². The maximum Gasteiger partial charge on any atom is 0.106 e. The third-order valence-electron chi connectivity index (χ3n) is 2.74. The molecule has 0 aliphatic carbocycles. The number of nitrogens with two attached hydrogens (primary N) is 1. The molecule has 1 saturated heterocycles. The van der Waals surface area contributed by atoms with Gasteiger partial charge in [0.1, 0.15) is 5.01 Å². The number of nitrogens with zero attached hydrogens (tertiary/aromatic N) is 1. The van der Waals surface area contributed by atoms with Gasteiger partial charge in [-0.3, -0.25) is 0 Å². The second kappa shape index (κ2) is 5.32. The summed E-state index contributed by atoms with van der Waals surface area (Å²) in [5, 5.41) is 2.00. The second-order valence-corrected chi connectivity index (χ2v) is 6.38. The van der Waals surface area contributed by atoms with Crippen molar-refractivity contribution in [1.82, 2.24) is 4.98 Å². The number of aryl methyl sites for hydroxylation is 1. The summed E-state index contributed by atoms with van der Waals surface area (Å²) in [7, 11) is 0. The Morgan fingerprint density at radius 1 is 1.47 bits per heavy atom. The molecule has 0 radical (unpaired) electrons. The normalized spacial score (nSPS) is 21.9. The first-order valence-corrected chi connectivity index (χ1v) is 7.45. The first-order chi connectivity index (χ1) is 7.31. The molecule has 2 heterocycles. The van der Waals surface area contributed by atoms with Crippen LogP contribution in [-0.2, 0) is 6.42 Å². The Hall–Kier alpha value is -0.0600. The Morgan fingerprint density at radius 2 is 2.33 bits per heavy atom. The topological polar surface area (TPSA) is 38.9 Å². The van der Waals surface area contributed by atoms with Gasteiger partial charge < -0.3 is 5.73 Å². The minimum absolute atomic E-state index is 0.661. The molecule has 15 heavy (non-hydrogen) atoms. The number of thioether (sulfide) groups is 1. The van der Waals surface area contributed by atoms with Crippen LogP contribution in [0.3, 0.4) is 0 Å². The minimum Gasteiger partial charge on any atom is -0.330 e. The van der Waals surface area contributed by atoms with Crippen molar-refractivity contribution in [3.63, 3.8) is 0 Å². The van der Waals surface area contributed by atoms with E-state index in [4.69, 9.17) is 10.7 Å². The molecule has 1 aliphatic heterocycles. The summed E-state index contributed by atoms with van der Waals surface area (Å²) in [6.45, 7) is 2.85. The molecule has 1 fully saturated rings. The molecular weight excluding hydrogens is 224 g/mol. The highest BCUT2D eigenvalue weighted by atomic mass is 32.2. The van der Waals surface area contributed by atoms with E-state index in [1.165, 1.54) is 40.6 Å². The predicted octanol–water partition coefficient (Wildman–Crippen LogP) is 2.91. The number of aromatic nitrogens is 1. The molecule has 2 N–H and O–H groups in total. The van der Waals surface area contributed by atoms with Gasteiger partial charge in [0.05, 0.1) is 10.9 Å². The third kappa shape index (κ3) is 2.74. The van der Waals surface area contributed by atoms with E-state index in [0.717, 1.165) is 13.0 Å². The van der Waals surface area contributed by atoms with Crippen LogP contribution in [0.15, 0.2) is 0 Å². The lowest BCUT2D eigenvalue weighted by atomic mass is 10.2. The number of thiazole rings is 1. The second-order valence-electron chi connectivity index (χ2n) is 3.95. The molecule has 1 aromatic rings. The average molecular weight is 242 g/mol. The van der Waals surface area contributed by atoms with Crippen molar-refractivity contribution in [2.75, 3.05) is 12.3 Å². The third-order valence-corrected chi connectivity index (χ3v) is 5.60. The van der Waals surface area contributed by atoms with Crippen molar-refractivity contribution in [2.45, 2.75) is 37.9 Å². The monoisotopic (exact) mass is 242 g/mol. The lowest BCUT2D eigenvalue weighted by Crippen LogP contribution is -2.01. The van der Waals surface area contributed by atoms with Crippen LogP contribution in [0.1, 0.15) is 40.1 Å². The lowest BCUT2D eigenvalue weighted by Gasteiger charge is -2.18. The Balaban J connectivity index is 2.10. The number of hydrogen-bond donors (Lipinski definition) is 1. The van der Waals surface area contributed by atoms with Crippen molar-refractivity contribution in [3.8, 4) is 0 Å². The van der Waals surface area contributed by atoms with Gasteiger partial charge in [-0.1, -0.05) is 6.42 Å². The first-order valence-electron chi connectivity index (χ1n) is 5.59. The SMILES string of the molecule is Cc1nc(C2CCCCS2)sc1CCN. The Kier molecular flexibility index (Phi) is 4.05.